The van der Waals surface area contributed by atoms with E-state index in [1.165, 1.54) is 0 Å². The molecule has 1 aliphatic rings. The Labute approximate surface area is 58.4 Å². The first-order valence-corrected chi connectivity index (χ1v) is 2.45. The molecule has 52 valence electrons. The van der Waals surface area contributed by atoms with Gasteiger partial charge >= 0.3 is 0 Å². The van der Waals surface area contributed by atoms with Gasteiger partial charge in [-0.05, 0) is 6.42 Å². The van der Waals surface area contributed by atoms with Crippen LogP contribution < -0.4 is 5.32 Å². The molecule has 1 N–H and O–H groups in total. The van der Waals surface area contributed by atoms with Crippen LogP contribution in [-0.2, 0) is 4.79 Å². The van der Waals surface area contributed by atoms with E-state index in [1.54, 1.807) is 0 Å². The van der Waals surface area contributed by atoms with Crippen LogP contribution >= 0.6 is 12.4 Å². The van der Waals surface area contributed by atoms with Crippen molar-refractivity contribution >= 4 is 18.3 Å². The summed E-state index contributed by atoms with van der Waals surface area (Å²) < 4.78 is 0. The van der Waals surface area contributed by atoms with Crippen molar-refractivity contribution in [1.29, 1.82) is 0 Å². The van der Waals surface area contributed by atoms with Gasteiger partial charge in [0.2, 0.25) is 5.91 Å². The number of carbonyl (C=O) groups is 1. The van der Waals surface area contributed by atoms with E-state index < -0.39 is 6.04 Å². The van der Waals surface area contributed by atoms with Crippen LogP contribution in [0.2, 0.25) is 0 Å². The van der Waals surface area contributed by atoms with Gasteiger partial charge in [-0.25, -0.2) is 0 Å². The summed E-state index contributed by atoms with van der Waals surface area (Å²) in [6.45, 7) is 0.593. The van der Waals surface area contributed by atoms with Crippen LogP contribution in [0.4, 0.5) is 0 Å². The molecule has 1 fully saturated rings. The lowest BCUT2D eigenvalue weighted by molar-refractivity contribution is -0.120. The van der Waals surface area contributed by atoms with E-state index in [-0.39, 0.29) is 18.3 Å². The first-order chi connectivity index (χ1) is 3.84. The maximum Gasteiger partial charge on any atom is 0.248 e. The maximum atomic E-state index is 10.4. The molecule has 1 heterocycles. The van der Waals surface area contributed by atoms with E-state index in [0.29, 0.717) is 13.0 Å². The fourth-order valence-electron chi connectivity index (χ4n) is 0.682. The number of nitrogens with zero attached hydrogens (tertiary/aromatic N) is 1. The van der Waals surface area contributed by atoms with Crippen LogP contribution in [0, 0.1) is 4.91 Å². The highest BCUT2D eigenvalue weighted by Crippen LogP contribution is 2.02. The minimum atomic E-state index is -0.616. The minimum absolute atomic E-state index is 0. The van der Waals surface area contributed by atoms with Crippen LogP contribution in [0.25, 0.3) is 0 Å². The van der Waals surface area contributed by atoms with Crippen molar-refractivity contribution in [2.45, 2.75) is 12.5 Å². The van der Waals surface area contributed by atoms with Gasteiger partial charge in [0, 0.05) is 6.54 Å². The average molecular weight is 151 g/mol. The highest BCUT2D eigenvalue weighted by molar-refractivity contribution is 5.85. The van der Waals surface area contributed by atoms with Crippen LogP contribution in [-0.4, -0.2) is 18.5 Å². The van der Waals surface area contributed by atoms with Gasteiger partial charge in [0.05, 0.1) is 0 Å². The van der Waals surface area contributed by atoms with Crippen molar-refractivity contribution in [3.8, 4) is 0 Å². The summed E-state index contributed by atoms with van der Waals surface area (Å²) in [7, 11) is 0. The Balaban J connectivity index is 0.000000640. The first kappa shape index (κ1) is 8.36. The van der Waals surface area contributed by atoms with Gasteiger partial charge in [-0.15, -0.1) is 17.3 Å². The molecule has 5 heteroatoms. The Kier molecular flexibility index (Phi) is 3.16. The summed E-state index contributed by atoms with van der Waals surface area (Å²) in [6, 6.07) is -0.616. The third kappa shape index (κ3) is 1.64. The molecule has 1 rings (SSSR count). The average Bonchev–Trinajstić information content (AvgIpc) is 2.14. The quantitative estimate of drug-likeness (QED) is 0.538. The Hall–Kier alpha value is -0.640. The monoisotopic (exact) mass is 150 g/mol. The lowest BCUT2D eigenvalue weighted by atomic mass is 10.3. The number of rotatable bonds is 1. The molecule has 4 nitrogen and oxygen atoms in total. The summed E-state index contributed by atoms with van der Waals surface area (Å²) >= 11 is 0. The zero-order valence-electron chi connectivity index (χ0n) is 4.66. The smallest absolute Gasteiger partial charge is 0.248 e. The second-order valence-corrected chi connectivity index (χ2v) is 1.70. The largest absolute Gasteiger partial charge is 0.354 e. The summed E-state index contributed by atoms with van der Waals surface area (Å²) in [6.07, 6.45) is 0.558. The summed E-state index contributed by atoms with van der Waals surface area (Å²) in [5, 5.41) is 5.09. The molecule has 0 saturated carbocycles. The zero-order valence-corrected chi connectivity index (χ0v) is 5.48. The summed E-state index contributed by atoms with van der Waals surface area (Å²) in [5.41, 5.74) is 0. The van der Waals surface area contributed by atoms with Gasteiger partial charge in [0.25, 0.3) is 0 Å². The third-order valence-electron chi connectivity index (χ3n) is 1.15. The molecule has 1 atom stereocenters. The van der Waals surface area contributed by atoms with Gasteiger partial charge in [-0.1, -0.05) is 5.18 Å². The minimum Gasteiger partial charge on any atom is -0.354 e. The number of nitroso groups, excluding NO2 is 1. The van der Waals surface area contributed by atoms with Crippen LogP contribution in [0.3, 0.4) is 0 Å². The Morgan fingerprint density at radius 3 is 2.56 bits per heavy atom. The molecule has 1 saturated heterocycles. The molecule has 1 amide bonds. The Morgan fingerprint density at radius 1 is 1.67 bits per heavy atom. The van der Waals surface area contributed by atoms with E-state index in [4.69, 9.17) is 0 Å². The molecule has 0 bridgehead atoms. The standard InChI is InChI=1S/C4H6N2O2.ClH/c7-4-3(6-8)1-2-5-4;/h3H,1-2H2,(H,5,7);1H. The van der Waals surface area contributed by atoms with E-state index in [0.717, 1.165) is 0 Å². The predicted octanol–water partition coefficient (Wildman–Crippen LogP) is 0.0631. The van der Waals surface area contributed by atoms with Crippen molar-refractivity contribution in [1.82, 2.24) is 5.32 Å². The zero-order chi connectivity index (χ0) is 5.98. The van der Waals surface area contributed by atoms with Crippen LogP contribution in [0.5, 0.6) is 0 Å². The van der Waals surface area contributed by atoms with Gasteiger partial charge < -0.3 is 5.32 Å². The molecular formula is C4H7ClN2O2. The Bertz CT molecular complexity index is 128. The van der Waals surface area contributed by atoms with Gasteiger partial charge in [0.1, 0.15) is 0 Å². The molecule has 1 aliphatic heterocycles. The van der Waals surface area contributed by atoms with E-state index in [9.17, 15) is 9.70 Å². The number of halogens is 1. The molecule has 0 radical (unpaired) electrons. The van der Waals surface area contributed by atoms with Gasteiger partial charge in [-0.3, -0.25) is 4.79 Å². The second-order valence-electron chi connectivity index (χ2n) is 1.70. The first-order valence-electron chi connectivity index (χ1n) is 2.45. The molecule has 9 heavy (non-hydrogen) atoms. The fourth-order valence-corrected chi connectivity index (χ4v) is 0.682. The van der Waals surface area contributed by atoms with Crippen molar-refractivity contribution in [2.75, 3.05) is 6.54 Å². The molecule has 0 spiro atoms. The lowest BCUT2D eigenvalue weighted by Gasteiger charge is -1.88. The SMILES string of the molecule is Cl.O=NC1CCNC1=O. The van der Waals surface area contributed by atoms with Crippen molar-refractivity contribution < 1.29 is 4.79 Å². The highest BCUT2D eigenvalue weighted by atomic mass is 35.5. The normalized spacial score (nSPS) is 24.4. The summed E-state index contributed by atoms with van der Waals surface area (Å²) in [5.74, 6) is -0.236. The maximum absolute atomic E-state index is 10.4. The topological polar surface area (TPSA) is 58.5 Å². The van der Waals surface area contributed by atoms with Crippen molar-refractivity contribution in [2.24, 2.45) is 5.18 Å². The highest BCUT2D eigenvalue weighted by Gasteiger charge is 2.23. The molecule has 0 aromatic heterocycles. The van der Waals surface area contributed by atoms with Gasteiger partial charge in [0.15, 0.2) is 6.04 Å². The number of amides is 1. The third-order valence-corrected chi connectivity index (χ3v) is 1.15. The molecule has 0 aliphatic carbocycles. The van der Waals surface area contributed by atoms with E-state index in [1.807, 2.05) is 0 Å². The number of hydrogen-bond donors (Lipinski definition) is 1. The predicted molar refractivity (Wildman–Crippen MR) is 34.5 cm³/mol. The lowest BCUT2D eigenvalue weighted by Crippen LogP contribution is -2.20. The molecule has 1 unspecified atom stereocenters. The number of nitrogens with one attached hydrogen (secondary N) is 1. The second kappa shape index (κ2) is 3.40. The van der Waals surface area contributed by atoms with Gasteiger partial charge in [-0.2, -0.15) is 0 Å². The molecule has 0 aromatic carbocycles. The molecule has 0 aromatic rings. The number of carbonyl (C=O) groups excluding carboxylic acids is 1. The van der Waals surface area contributed by atoms with E-state index in [2.05, 4.69) is 10.5 Å². The summed E-state index contributed by atoms with van der Waals surface area (Å²) in [4.78, 5) is 20.1. The molecular weight excluding hydrogens is 144 g/mol. The van der Waals surface area contributed by atoms with Crippen LogP contribution in [0.15, 0.2) is 5.18 Å². The fraction of sp³-hybridized carbons (Fsp3) is 0.750. The Morgan fingerprint density at radius 2 is 2.33 bits per heavy atom. The van der Waals surface area contributed by atoms with E-state index >= 15 is 0 Å². The number of hydrogen-bond acceptors (Lipinski definition) is 3. The van der Waals surface area contributed by atoms with Crippen molar-refractivity contribution in [3.05, 3.63) is 4.91 Å². The van der Waals surface area contributed by atoms with Crippen molar-refractivity contribution in [3.63, 3.8) is 0 Å². The van der Waals surface area contributed by atoms with Crippen LogP contribution in [0.1, 0.15) is 6.42 Å².